The minimum absolute atomic E-state index is 0.337. The van der Waals surface area contributed by atoms with Gasteiger partial charge in [-0.1, -0.05) is 11.6 Å². The zero-order chi connectivity index (χ0) is 15.2. The second-order valence-electron chi connectivity index (χ2n) is 4.11. The Kier molecular flexibility index (Phi) is 4.97. The Bertz CT molecular complexity index is 631. The van der Waals surface area contributed by atoms with Gasteiger partial charge in [0.25, 0.3) is 5.91 Å². The summed E-state index contributed by atoms with van der Waals surface area (Å²) in [6, 6.07) is 8.20. The van der Waals surface area contributed by atoms with Crippen LogP contribution in [0.1, 0.15) is 17.3 Å². The number of carbonyl (C=O) groups excluding carboxylic acids is 1. The summed E-state index contributed by atoms with van der Waals surface area (Å²) in [7, 11) is 0. The average molecular weight is 307 g/mol. The molecule has 1 heterocycles. The lowest BCUT2D eigenvalue weighted by Crippen LogP contribution is -2.17. The Hall–Kier alpha value is -2.31. The smallest absolute Gasteiger partial charge is 0.257 e. The quantitative estimate of drug-likeness (QED) is 0.584. The van der Waals surface area contributed by atoms with Crippen molar-refractivity contribution < 1.29 is 9.53 Å². The van der Waals surface area contributed by atoms with Gasteiger partial charge in [0.15, 0.2) is 0 Å². The van der Waals surface area contributed by atoms with Gasteiger partial charge in [-0.3, -0.25) is 10.6 Å². The molecule has 0 aliphatic rings. The first-order chi connectivity index (χ1) is 10.1. The van der Waals surface area contributed by atoms with Crippen molar-refractivity contribution in [3.05, 3.63) is 47.1 Å². The van der Waals surface area contributed by atoms with Crippen LogP contribution in [0, 0.1) is 0 Å². The minimum atomic E-state index is -0.337. The summed E-state index contributed by atoms with van der Waals surface area (Å²) in [6.07, 6.45) is 1.52. The number of aromatic nitrogens is 1. The van der Waals surface area contributed by atoms with Crippen LogP contribution in [0.3, 0.4) is 0 Å². The van der Waals surface area contributed by atoms with Gasteiger partial charge >= 0.3 is 0 Å². The summed E-state index contributed by atoms with van der Waals surface area (Å²) in [5, 5.41) is 3.17. The molecular formula is C14H15ClN4O2. The number of halogens is 1. The van der Waals surface area contributed by atoms with Crippen LogP contribution in [-0.4, -0.2) is 17.5 Å². The highest BCUT2D eigenvalue weighted by atomic mass is 35.5. The summed E-state index contributed by atoms with van der Waals surface area (Å²) in [6.45, 7) is 2.41. The molecule has 2 aromatic rings. The third-order valence-corrected chi connectivity index (χ3v) is 2.90. The Morgan fingerprint density at radius 3 is 2.81 bits per heavy atom. The lowest BCUT2D eigenvalue weighted by atomic mass is 10.1. The van der Waals surface area contributed by atoms with E-state index in [-0.39, 0.29) is 5.91 Å². The molecule has 0 aliphatic heterocycles. The molecule has 0 aliphatic carbocycles. The highest BCUT2D eigenvalue weighted by Crippen LogP contribution is 2.21. The maximum Gasteiger partial charge on any atom is 0.257 e. The summed E-state index contributed by atoms with van der Waals surface area (Å²) in [4.78, 5) is 16.3. The maximum atomic E-state index is 12.2. The zero-order valence-electron chi connectivity index (χ0n) is 11.4. The molecule has 0 saturated carbocycles. The average Bonchev–Trinajstić information content (AvgIpc) is 2.49. The van der Waals surface area contributed by atoms with E-state index in [1.54, 1.807) is 24.3 Å². The lowest BCUT2D eigenvalue weighted by molar-refractivity contribution is 0.102. The third-order valence-electron chi connectivity index (χ3n) is 2.67. The molecule has 0 fully saturated rings. The number of rotatable bonds is 5. The molecule has 1 amide bonds. The van der Waals surface area contributed by atoms with Gasteiger partial charge in [-0.15, -0.1) is 0 Å². The van der Waals surface area contributed by atoms with Crippen LogP contribution in [-0.2, 0) is 0 Å². The van der Waals surface area contributed by atoms with E-state index >= 15 is 0 Å². The molecule has 7 heteroatoms. The number of hydrazine groups is 1. The number of anilines is 2. The lowest BCUT2D eigenvalue weighted by Gasteiger charge is -2.10. The number of nitrogen functional groups attached to an aromatic ring is 1. The summed E-state index contributed by atoms with van der Waals surface area (Å²) in [5.74, 6) is 5.55. The van der Waals surface area contributed by atoms with Gasteiger partial charge in [-0.25, -0.2) is 4.98 Å². The molecule has 0 bridgehead atoms. The van der Waals surface area contributed by atoms with Crippen LogP contribution >= 0.6 is 11.6 Å². The minimum Gasteiger partial charge on any atom is -0.478 e. The number of benzene rings is 1. The van der Waals surface area contributed by atoms with Gasteiger partial charge in [0.1, 0.15) is 0 Å². The predicted octanol–water partition coefficient (Wildman–Crippen LogP) is 2.67. The van der Waals surface area contributed by atoms with Crippen molar-refractivity contribution >= 4 is 28.9 Å². The van der Waals surface area contributed by atoms with Gasteiger partial charge in [-0.2, -0.15) is 0 Å². The van der Waals surface area contributed by atoms with Gasteiger partial charge < -0.3 is 15.5 Å². The SMILES string of the molecule is CCOc1ccc(NC(=O)c2cc(Cl)ccc2NN)cn1. The number of nitrogens with two attached hydrogens (primary N) is 1. The van der Waals surface area contributed by atoms with Crippen LogP contribution in [0.4, 0.5) is 11.4 Å². The van der Waals surface area contributed by atoms with E-state index in [1.807, 2.05) is 6.92 Å². The molecular weight excluding hydrogens is 292 g/mol. The fraction of sp³-hybridized carbons (Fsp3) is 0.143. The number of carbonyl (C=O) groups is 1. The van der Waals surface area contributed by atoms with E-state index in [0.29, 0.717) is 34.4 Å². The van der Waals surface area contributed by atoms with Crippen molar-refractivity contribution in [3.8, 4) is 5.88 Å². The number of amides is 1. The molecule has 0 spiro atoms. The van der Waals surface area contributed by atoms with Crippen LogP contribution in [0.25, 0.3) is 0 Å². The Balaban J connectivity index is 2.15. The monoisotopic (exact) mass is 306 g/mol. The van der Waals surface area contributed by atoms with Crippen molar-refractivity contribution in [2.75, 3.05) is 17.3 Å². The molecule has 6 nitrogen and oxygen atoms in total. The Morgan fingerprint density at radius 1 is 1.38 bits per heavy atom. The number of nitrogens with zero attached hydrogens (tertiary/aromatic N) is 1. The highest BCUT2D eigenvalue weighted by Gasteiger charge is 2.12. The van der Waals surface area contributed by atoms with Crippen LogP contribution in [0.5, 0.6) is 5.88 Å². The van der Waals surface area contributed by atoms with Crippen LogP contribution in [0.15, 0.2) is 36.5 Å². The summed E-state index contributed by atoms with van der Waals surface area (Å²) in [5.41, 5.74) is 3.84. The normalized spacial score (nSPS) is 10.0. The molecule has 1 aromatic carbocycles. The van der Waals surface area contributed by atoms with Crippen LogP contribution in [0.2, 0.25) is 5.02 Å². The van der Waals surface area contributed by atoms with Crippen LogP contribution < -0.4 is 21.3 Å². The first-order valence-electron chi connectivity index (χ1n) is 6.30. The molecule has 21 heavy (non-hydrogen) atoms. The largest absolute Gasteiger partial charge is 0.478 e. The second-order valence-corrected chi connectivity index (χ2v) is 4.54. The van der Waals surface area contributed by atoms with Crippen molar-refractivity contribution in [1.82, 2.24) is 4.98 Å². The topological polar surface area (TPSA) is 89.3 Å². The number of ether oxygens (including phenoxy) is 1. The summed E-state index contributed by atoms with van der Waals surface area (Å²) < 4.78 is 5.23. The van der Waals surface area contributed by atoms with Crippen molar-refractivity contribution in [3.63, 3.8) is 0 Å². The van der Waals surface area contributed by atoms with E-state index in [4.69, 9.17) is 22.2 Å². The molecule has 0 radical (unpaired) electrons. The maximum absolute atomic E-state index is 12.2. The van der Waals surface area contributed by atoms with Gasteiger partial charge in [-0.05, 0) is 31.2 Å². The zero-order valence-corrected chi connectivity index (χ0v) is 12.1. The summed E-state index contributed by atoms with van der Waals surface area (Å²) >= 11 is 5.90. The van der Waals surface area contributed by atoms with E-state index in [1.165, 1.54) is 12.3 Å². The number of hydrogen-bond donors (Lipinski definition) is 3. The van der Waals surface area contributed by atoms with E-state index < -0.39 is 0 Å². The van der Waals surface area contributed by atoms with Gasteiger partial charge in [0.05, 0.1) is 29.7 Å². The Labute approximate surface area is 127 Å². The molecule has 2 rings (SSSR count). The fourth-order valence-corrected chi connectivity index (χ4v) is 1.89. The third kappa shape index (κ3) is 3.84. The molecule has 4 N–H and O–H groups in total. The van der Waals surface area contributed by atoms with E-state index in [9.17, 15) is 4.79 Å². The first-order valence-corrected chi connectivity index (χ1v) is 6.68. The first kappa shape index (κ1) is 15.1. The van der Waals surface area contributed by atoms with Gasteiger partial charge in [0, 0.05) is 11.1 Å². The van der Waals surface area contributed by atoms with Crippen molar-refractivity contribution in [1.29, 1.82) is 0 Å². The predicted molar refractivity (Wildman–Crippen MR) is 82.6 cm³/mol. The number of nitrogens with one attached hydrogen (secondary N) is 2. The fourth-order valence-electron chi connectivity index (χ4n) is 1.72. The van der Waals surface area contributed by atoms with E-state index in [2.05, 4.69) is 15.7 Å². The molecule has 0 unspecified atom stereocenters. The highest BCUT2D eigenvalue weighted by molar-refractivity contribution is 6.31. The molecule has 0 atom stereocenters. The van der Waals surface area contributed by atoms with Crippen molar-refractivity contribution in [2.45, 2.75) is 6.92 Å². The number of hydrogen-bond acceptors (Lipinski definition) is 5. The van der Waals surface area contributed by atoms with E-state index in [0.717, 1.165) is 0 Å². The standard InChI is InChI=1S/C14H15ClN4O2/c1-2-21-13-6-4-10(8-17-13)18-14(20)11-7-9(15)3-5-12(11)19-16/h3-8,19H,2,16H2,1H3,(H,18,20). The number of pyridine rings is 1. The molecule has 110 valence electrons. The van der Waals surface area contributed by atoms with Crippen molar-refractivity contribution in [2.24, 2.45) is 5.84 Å². The molecule has 1 aromatic heterocycles. The molecule has 0 saturated heterocycles. The van der Waals surface area contributed by atoms with Gasteiger partial charge in [0.2, 0.25) is 5.88 Å². The Morgan fingerprint density at radius 2 is 2.19 bits per heavy atom. The second kappa shape index (κ2) is 6.92.